The number of rotatable bonds is 24. The second-order valence-electron chi connectivity index (χ2n) is 41.5. The van der Waals surface area contributed by atoms with Crippen LogP contribution in [0.15, 0.2) is 332 Å². The molecule has 15 nitrogen and oxygen atoms in total. The number of ketones is 3. The van der Waals surface area contributed by atoms with Crippen molar-refractivity contribution in [2.45, 2.75) is 296 Å². The van der Waals surface area contributed by atoms with E-state index in [1.54, 1.807) is 115 Å². The van der Waals surface area contributed by atoms with Crippen molar-refractivity contribution in [3.63, 3.8) is 0 Å². The first-order chi connectivity index (χ1) is 60.9. The van der Waals surface area contributed by atoms with Crippen molar-refractivity contribution < 1.29 is 68.1 Å². The van der Waals surface area contributed by atoms with E-state index < -0.39 is 55.4 Å². The minimum absolute atomic E-state index is 0.0611. The first-order valence-electron chi connectivity index (χ1n) is 43.8. The van der Waals surface area contributed by atoms with Crippen molar-refractivity contribution in [3.8, 4) is 34.5 Å². The fourth-order valence-electron chi connectivity index (χ4n) is 13.3. The van der Waals surface area contributed by atoms with E-state index in [0.29, 0.717) is 39.7 Å². The summed E-state index contributed by atoms with van der Waals surface area (Å²) in [5.74, 6) is 3.08. The molecule has 0 amide bonds. The Morgan fingerprint density at radius 2 is 0.356 bits per heavy atom. The van der Waals surface area contributed by atoms with Crippen LogP contribution >= 0.6 is 35.3 Å². The van der Waals surface area contributed by atoms with E-state index >= 15 is 0 Å². The van der Waals surface area contributed by atoms with Crippen molar-refractivity contribution in [3.05, 3.63) is 323 Å². The molecule has 0 N–H and O–H groups in total. The summed E-state index contributed by atoms with van der Waals surface area (Å²) in [6.07, 6.45) is 0. The number of ether oxygens (including phenoxy) is 6. The van der Waals surface area contributed by atoms with E-state index in [2.05, 4.69) is 174 Å². The highest BCUT2D eigenvalue weighted by molar-refractivity contribution is 8.01. The lowest BCUT2D eigenvalue weighted by atomic mass is 9.86. The molecule has 132 heavy (non-hydrogen) atoms. The zero-order valence-electron chi connectivity index (χ0n) is 81.1. The smallest absolute Gasteiger partial charge is 0.206 e. The summed E-state index contributed by atoms with van der Waals surface area (Å²) in [7, 11) is -13.1. The molecule has 0 spiro atoms. The molecule has 0 saturated heterocycles. The number of hydrogen-bond acceptors (Lipinski definition) is 18. The molecular weight excluding hydrogens is 1770 g/mol. The SMILES string of the molecule is CC(C)(C)Oc1ccc(C(=O)c2cc(C(=O)c3ccc(OC(C)(C)C)cc3)cc(C(=O)c3ccc(C(C)(C)C)cc3)c2)cc1.CC(C)(C)Oc1ccc(S(=O)(=O)c2cc(S(=O)(=O)c3ccc(OC(C)(C)C)cc3)cc(S(=O)(=O)c3ccc(C(C)(C)C)cc3)c2)cc1.CC(C)(C)Oc1ccc(Sc2cc(Sc3ccc(OC(C)(C)C)cc3)cc(Sc3ccc(C(C)(C)C)cc3)c2)cc1. The summed E-state index contributed by atoms with van der Waals surface area (Å²) >= 11 is 5.36. The minimum atomic E-state index is -4.39. The molecular formula is C111H126O15S6. The van der Waals surface area contributed by atoms with E-state index in [4.69, 9.17) is 28.4 Å². The fourth-order valence-corrected chi connectivity index (χ4v) is 20.5. The Morgan fingerprint density at radius 3 is 0.561 bits per heavy atom. The summed E-state index contributed by atoms with van der Waals surface area (Å²) in [4.78, 5) is 46.6. The Labute approximate surface area is 797 Å². The Hall–Kier alpha value is -10.7. The van der Waals surface area contributed by atoms with Crippen LogP contribution in [0.1, 0.15) is 251 Å². The molecule has 0 saturated carbocycles. The van der Waals surface area contributed by atoms with E-state index in [9.17, 15) is 39.6 Å². The van der Waals surface area contributed by atoms with Gasteiger partial charge in [-0.1, -0.05) is 146 Å². The monoisotopic (exact) mass is 1890 g/mol. The van der Waals surface area contributed by atoms with E-state index in [1.165, 1.54) is 95.6 Å². The Kier molecular flexibility index (Phi) is 31.9. The average Bonchev–Trinajstić information content (AvgIpc) is 0.749. The summed E-state index contributed by atoms with van der Waals surface area (Å²) in [6.45, 7) is 54.3. The number of hydrogen-bond donors (Lipinski definition) is 0. The standard InChI is InChI=1S/C39H42O5.C36H42O8S3.C36H42O2S3/c1-37(2,3)31-16-10-25(11-17-31)34(40)28-22-29(35(41)26-12-18-32(19-13-26)43-38(4,5)6)24-30(23-28)36(42)27-14-20-33(21-15-27)44-39(7,8)9;1-34(2,3)25-10-16-28(17-11-25)45(37,38)31-22-32(46(39,40)29-18-12-26(13-19-29)43-35(4,5)6)24-33(23-31)47(41,42)30-20-14-27(15-21-30)44-36(7,8)9;1-34(2,3)25-10-16-28(17-11-25)39-31-22-32(40-29-18-12-26(13-19-29)37-35(4,5)6)24-33(23-31)41-30-20-14-27(15-21-30)38-36(7,8)9/h10-24H,1-9H3;10-24H,1-9H3;10-24H,1-9H3. The molecule has 0 fully saturated rings. The molecule has 0 heterocycles. The lowest BCUT2D eigenvalue weighted by Crippen LogP contribution is -2.22. The molecule has 0 aliphatic heterocycles. The fraction of sp³-hybridized carbons (Fsp3) is 0.324. The number of sulfone groups is 3. The quantitative estimate of drug-likeness (QED) is 0.0515. The van der Waals surface area contributed by atoms with Crippen LogP contribution < -0.4 is 28.4 Å². The maximum absolute atomic E-state index is 14.0. The van der Waals surface area contributed by atoms with Crippen LogP contribution in [0, 0.1) is 0 Å². The third kappa shape index (κ3) is 30.2. The number of carbonyl (C=O) groups excluding carboxylic acids is 3. The summed E-state index contributed by atoms with van der Waals surface area (Å²) in [5, 5.41) is 0. The van der Waals surface area contributed by atoms with E-state index in [-0.39, 0.29) is 87.4 Å². The van der Waals surface area contributed by atoms with Gasteiger partial charge in [0.05, 0.1) is 29.4 Å². The lowest BCUT2D eigenvalue weighted by Gasteiger charge is -2.21. The molecule has 12 rings (SSSR count). The third-order valence-electron chi connectivity index (χ3n) is 19.5. The van der Waals surface area contributed by atoms with Crippen LogP contribution in [0.25, 0.3) is 0 Å². The van der Waals surface area contributed by atoms with Gasteiger partial charge in [0, 0.05) is 62.8 Å². The molecule has 0 radical (unpaired) electrons. The highest BCUT2D eigenvalue weighted by atomic mass is 32.2. The minimum Gasteiger partial charge on any atom is -0.488 e. The summed E-state index contributed by atoms with van der Waals surface area (Å²) in [6, 6.07) is 79.1. The third-order valence-corrected chi connectivity index (χ3v) is 27.7. The number of benzene rings is 12. The molecule has 0 atom stereocenters. The normalized spacial score (nSPS) is 12.6. The van der Waals surface area contributed by atoms with Gasteiger partial charge in [0.15, 0.2) is 17.3 Å². The van der Waals surface area contributed by atoms with Gasteiger partial charge in [-0.05, 0) is 382 Å². The predicted octanol–water partition coefficient (Wildman–Crippen LogP) is 28.7. The van der Waals surface area contributed by atoms with Crippen LogP contribution in [-0.2, 0) is 45.8 Å². The Morgan fingerprint density at radius 1 is 0.189 bits per heavy atom. The lowest BCUT2D eigenvalue weighted by molar-refractivity contribution is 0.103. The average molecular weight is 1890 g/mol. The second-order valence-corrected chi connectivity index (χ2v) is 50.8. The van der Waals surface area contributed by atoms with Crippen molar-refractivity contribution in [2.24, 2.45) is 0 Å². The van der Waals surface area contributed by atoms with Crippen LogP contribution in [0.2, 0.25) is 0 Å². The van der Waals surface area contributed by atoms with Crippen LogP contribution in [0.3, 0.4) is 0 Å². The molecule has 0 aliphatic rings. The Bertz CT molecular complexity index is 6130. The van der Waals surface area contributed by atoms with Gasteiger partial charge in [-0.2, -0.15) is 0 Å². The summed E-state index contributed by atoms with van der Waals surface area (Å²) < 4.78 is 119. The van der Waals surface area contributed by atoms with E-state index in [0.717, 1.165) is 40.8 Å². The van der Waals surface area contributed by atoms with Crippen molar-refractivity contribution >= 4 is 82.1 Å². The van der Waals surface area contributed by atoms with Crippen LogP contribution in [0.4, 0.5) is 0 Å². The molecule has 12 aromatic carbocycles. The maximum atomic E-state index is 14.0. The topological polar surface area (TPSA) is 209 Å². The summed E-state index contributed by atoms with van der Waals surface area (Å²) in [5.41, 5.74) is 3.07. The van der Waals surface area contributed by atoms with Crippen molar-refractivity contribution in [1.29, 1.82) is 0 Å². The molecule has 12 aromatic rings. The first kappa shape index (κ1) is 103. The van der Waals surface area contributed by atoms with Gasteiger partial charge >= 0.3 is 0 Å². The van der Waals surface area contributed by atoms with Crippen LogP contribution in [-0.4, -0.2) is 76.2 Å². The Balaban J connectivity index is 0.000000206. The molecule has 696 valence electrons. The van der Waals surface area contributed by atoms with Gasteiger partial charge in [-0.3, -0.25) is 14.4 Å². The zero-order valence-corrected chi connectivity index (χ0v) is 86.0. The van der Waals surface area contributed by atoms with Crippen LogP contribution in [0.5, 0.6) is 34.5 Å². The van der Waals surface area contributed by atoms with E-state index in [1.807, 2.05) is 128 Å². The molecule has 0 aliphatic carbocycles. The van der Waals surface area contributed by atoms with Gasteiger partial charge in [0.2, 0.25) is 29.5 Å². The zero-order chi connectivity index (χ0) is 97.5. The first-order valence-corrected chi connectivity index (χ1v) is 50.7. The largest absolute Gasteiger partial charge is 0.488 e. The highest BCUT2D eigenvalue weighted by Gasteiger charge is 2.32. The van der Waals surface area contributed by atoms with Crippen molar-refractivity contribution in [1.82, 2.24) is 0 Å². The van der Waals surface area contributed by atoms with Gasteiger partial charge in [0.25, 0.3) is 0 Å². The van der Waals surface area contributed by atoms with Crippen molar-refractivity contribution in [2.75, 3.05) is 0 Å². The second kappa shape index (κ2) is 40.7. The van der Waals surface area contributed by atoms with Gasteiger partial charge in [-0.15, -0.1) is 0 Å². The highest BCUT2D eigenvalue weighted by Crippen LogP contribution is 2.43. The maximum Gasteiger partial charge on any atom is 0.206 e. The molecule has 0 unspecified atom stereocenters. The number of carbonyl (C=O) groups is 3. The molecule has 0 aromatic heterocycles. The van der Waals surface area contributed by atoms with Gasteiger partial charge in [0.1, 0.15) is 68.1 Å². The van der Waals surface area contributed by atoms with Gasteiger partial charge < -0.3 is 28.4 Å². The molecule has 0 bridgehead atoms. The predicted molar refractivity (Wildman–Crippen MR) is 535 cm³/mol. The molecule has 21 heteroatoms. The van der Waals surface area contributed by atoms with Gasteiger partial charge in [-0.25, -0.2) is 25.3 Å².